The minimum absolute atomic E-state index is 0.160. The molecule has 0 spiro atoms. The zero-order chi connectivity index (χ0) is 17.5. The van der Waals surface area contributed by atoms with Crippen LogP contribution in [0.5, 0.6) is 5.75 Å². The van der Waals surface area contributed by atoms with Gasteiger partial charge in [-0.3, -0.25) is 4.79 Å². The van der Waals surface area contributed by atoms with Gasteiger partial charge >= 0.3 is 6.09 Å². The predicted molar refractivity (Wildman–Crippen MR) is 79.1 cm³/mol. The van der Waals surface area contributed by atoms with Crippen LogP contribution in [0.4, 0.5) is 13.6 Å². The maximum Gasteiger partial charge on any atom is 0.407 e. The van der Waals surface area contributed by atoms with E-state index in [0.717, 1.165) is 12.1 Å². The average molecular weight is 330 g/mol. The Morgan fingerprint density at radius 2 is 1.78 bits per heavy atom. The largest absolute Gasteiger partial charge is 0.481 e. The zero-order valence-electron chi connectivity index (χ0n) is 13.2. The van der Waals surface area contributed by atoms with E-state index in [0.29, 0.717) is 6.07 Å². The van der Waals surface area contributed by atoms with Crippen molar-refractivity contribution in [2.24, 2.45) is 0 Å². The number of amides is 2. The fourth-order valence-corrected chi connectivity index (χ4v) is 1.47. The summed E-state index contributed by atoms with van der Waals surface area (Å²) in [5, 5.41) is 4.94. The highest BCUT2D eigenvalue weighted by molar-refractivity contribution is 5.77. The Labute approximate surface area is 133 Å². The van der Waals surface area contributed by atoms with Gasteiger partial charge in [-0.25, -0.2) is 13.6 Å². The second kappa shape index (κ2) is 8.30. The van der Waals surface area contributed by atoms with Crippen molar-refractivity contribution >= 4 is 12.0 Å². The third kappa shape index (κ3) is 7.98. The van der Waals surface area contributed by atoms with E-state index in [9.17, 15) is 18.4 Å². The molecular weight excluding hydrogens is 310 g/mol. The molecule has 0 aromatic heterocycles. The van der Waals surface area contributed by atoms with Crippen LogP contribution in [-0.2, 0) is 9.53 Å². The molecule has 0 aliphatic carbocycles. The summed E-state index contributed by atoms with van der Waals surface area (Å²) >= 11 is 0. The first-order valence-electron chi connectivity index (χ1n) is 6.99. The zero-order valence-corrected chi connectivity index (χ0v) is 13.2. The van der Waals surface area contributed by atoms with Gasteiger partial charge in [0.2, 0.25) is 0 Å². The first-order valence-corrected chi connectivity index (χ1v) is 6.99. The van der Waals surface area contributed by atoms with Crippen molar-refractivity contribution in [3.05, 3.63) is 29.8 Å². The molecule has 2 amide bonds. The fraction of sp³-hybridized carbons (Fsp3) is 0.467. The van der Waals surface area contributed by atoms with Crippen molar-refractivity contribution in [1.82, 2.24) is 10.6 Å². The summed E-state index contributed by atoms with van der Waals surface area (Å²) < 4.78 is 35.9. The number of nitrogens with one attached hydrogen (secondary N) is 2. The molecule has 0 fully saturated rings. The average Bonchev–Trinajstić information content (AvgIpc) is 2.40. The van der Waals surface area contributed by atoms with Crippen molar-refractivity contribution in [2.75, 3.05) is 19.7 Å². The van der Waals surface area contributed by atoms with Crippen LogP contribution in [-0.4, -0.2) is 37.3 Å². The molecule has 23 heavy (non-hydrogen) atoms. The first-order chi connectivity index (χ1) is 10.7. The van der Waals surface area contributed by atoms with Crippen molar-refractivity contribution in [3.63, 3.8) is 0 Å². The Balaban J connectivity index is 2.21. The number of hydrogen-bond acceptors (Lipinski definition) is 4. The second-order valence-corrected chi connectivity index (χ2v) is 5.64. The Bertz CT molecular complexity index is 559. The fourth-order valence-electron chi connectivity index (χ4n) is 1.47. The molecular formula is C15H20F2N2O4. The summed E-state index contributed by atoms with van der Waals surface area (Å²) in [6.45, 7) is 5.12. The lowest BCUT2D eigenvalue weighted by atomic mass is 10.2. The third-order valence-corrected chi connectivity index (χ3v) is 2.37. The molecule has 1 aromatic rings. The standard InChI is InChI=1S/C15H20F2N2O4/c1-15(2,3)23-14(21)19-7-6-18-13(20)9-22-12-5-4-10(16)8-11(12)17/h4-5,8H,6-7,9H2,1-3H3,(H,18,20)(H,19,21). The molecule has 0 saturated carbocycles. The van der Waals surface area contributed by atoms with Crippen LogP contribution in [0.2, 0.25) is 0 Å². The summed E-state index contributed by atoms with van der Waals surface area (Å²) in [7, 11) is 0. The molecule has 0 aliphatic rings. The summed E-state index contributed by atoms with van der Waals surface area (Å²) in [4.78, 5) is 22.8. The van der Waals surface area contributed by atoms with Gasteiger partial charge in [0.15, 0.2) is 18.2 Å². The summed E-state index contributed by atoms with van der Waals surface area (Å²) in [6, 6.07) is 2.79. The highest BCUT2D eigenvalue weighted by atomic mass is 19.1. The normalized spacial score (nSPS) is 10.8. The number of carbonyl (C=O) groups excluding carboxylic acids is 2. The van der Waals surface area contributed by atoms with Gasteiger partial charge in [-0.1, -0.05) is 0 Å². The van der Waals surface area contributed by atoms with Gasteiger partial charge in [-0.15, -0.1) is 0 Å². The SMILES string of the molecule is CC(C)(C)OC(=O)NCCNC(=O)COc1ccc(F)cc1F. The van der Waals surface area contributed by atoms with E-state index in [1.54, 1.807) is 20.8 Å². The molecule has 0 bridgehead atoms. The molecule has 128 valence electrons. The van der Waals surface area contributed by atoms with E-state index in [-0.39, 0.29) is 18.8 Å². The molecule has 8 heteroatoms. The molecule has 1 rings (SSSR count). The van der Waals surface area contributed by atoms with Gasteiger partial charge in [0.25, 0.3) is 5.91 Å². The van der Waals surface area contributed by atoms with Gasteiger partial charge in [-0.05, 0) is 32.9 Å². The highest BCUT2D eigenvalue weighted by Gasteiger charge is 2.15. The van der Waals surface area contributed by atoms with Gasteiger partial charge in [0.1, 0.15) is 11.4 Å². The Morgan fingerprint density at radius 3 is 2.39 bits per heavy atom. The number of benzene rings is 1. The molecule has 1 aromatic carbocycles. The van der Waals surface area contributed by atoms with Crippen molar-refractivity contribution < 1.29 is 27.8 Å². The maximum absolute atomic E-state index is 13.3. The number of ether oxygens (including phenoxy) is 2. The van der Waals surface area contributed by atoms with Gasteiger partial charge in [0, 0.05) is 19.2 Å². The molecule has 0 saturated heterocycles. The van der Waals surface area contributed by atoms with Crippen LogP contribution in [0.3, 0.4) is 0 Å². The summed E-state index contributed by atoms with van der Waals surface area (Å²) in [5.74, 6) is -2.33. The van der Waals surface area contributed by atoms with E-state index in [2.05, 4.69) is 10.6 Å². The monoisotopic (exact) mass is 330 g/mol. The molecule has 0 heterocycles. The van der Waals surface area contributed by atoms with Gasteiger partial charge in [-0.2, -0.15) is 0 Å². The summed E-state index contributed by atoms with van der Waals surface area (Å²) in [5.41, 5.74) is -0.597. The number of hydrogen-bond donors (Lipinski definition) is 2. The van der Waals surface area contributed by atoms with Crippen LogP contribution in [0.1, 0.15) is 20.8 Å². The summed E-state index contributed by atoms with van der Waals surface area (Å²) in [6.07, 6.45) is -0.587. The number of carbonyl (C=O) groups is 2. The van der Waals surface area contributed by atoms with Crippen molar-refractivity contribution in [1.29, 1.82) is 0 Å². The van der Waals surface area contributed by atoms with E-state index >= 15 is 0 Å². The first kappa shape index (κ1) is 18.7. The molecule has 0 atom stereocenters. The van der Waals surface area contributed by atoms with Crippen LogP contribution in [0, 0.1) is 11.6 Å². The van der Waals surface area contributed by atoms with Crippen LogP contribution in [0.15, 0.2) is 18.2 Å². The predicted octanol–water partition coefficient (Wildman–Crippen LogP) is 1.98. The van der Waals surface area contributed by atoms with E-state index in [4.69, 9.17) is 9.47 Å². The van der Waals surface area contributed by atoms with Gasteiger partial charge < -0.3 is 20.1 Å². The topological polar surface area (TPSA) is 76.7 Å². The molecule has 6 nitrogen and oxygen atoms in total. The van der Waals surface area contributed by atoms with Crippen LogP contribution < -0.4 is 15.4 Å². The molecule has 0 unspecified atom stereocenters. The van der Waals surface area contributed by atoms with Crippen molar-refractivity contribution in [3.8, 4) is 5.75 Å². The number of rotatable bonds is 6. The highest BCUT2D eigenvalue weighted by Crippen LogP contribution is 2.17. The Morgan fingerprint density at radius 1 is 1.13 bits per heavy atom. The Hall–Kier alpha value is -2.38. The molecule has 2 N–H and O–H groups in total. The van der Waals surface area contributed by atoms with E-state index in [1.165, 1.54) is 0 Å². The lowest BCUT2D eigenvalue weighted by molar-refractivity contribution is -0.123. The number of alkyl carbamates (subject to hydrolysis) is 1. The minimum atomic E-state index is -0.885. The van der Waals surface area contributed by atoms with E-state index in [1.807, 2.05) is 0 Å². The van der Waals surface area contributed by atoms with Gasteiger partial charge in [0.05, 0.1) is 0 Å². The quantitative estimate of drug-likeness (QED) is 0.782. The smallest absolute Gasteiger partial charge is 0.407 e. The second-order valence-electron chi connectivity index (χ2n) is 5.64. The Kier molecular flexibility index (Phi) is 6.74. The van der Waals surface area contributed by atoms with Crippen LogP contribution in [0.25, 0.3) is 0 Å². The lowest BCUT2D eigenvalue weighted by Gasteiger charge is -2.19. The van der Waals surface area contributed by atoms with Crippen LogP contribution >= 0.6 is 0 Å². The number of halogens is 2. The van der Waals surface area contributed by atoms with E-state index < -0.39 is 35.8 Å². The molecule has 0 radical (unpaired) electrons. The van der Waals surface area contributed by atoms with Crippen molar-refractivity contribution in [2.45, 2.75) is 26.4 Å². The minimum Gasteiger partial charge on any atom is -0.481 e. The molecule has 0 aliphatic heterocycles. The third-order valence-electron chi connectivity index (χ3n) is 2.37. The lowest BCUT2D eigenvalue weighted by Crippen LogP contribution is -2.39. The maximum atomic E-state index is 13.3.